The summed E-state index contributed by atoms with van der Waals surface area (Å²) in [4.78, 5) is 4.61. The lowest BCUT2D eigenvalue weighted by atomic mass is 10.2. The molecule has 1 aromatic heterocycles. The SMILES string of the molecule is Fc1ccc(Oc2ccc(Nc3nc(-c4ccccc4)cs3)cc2)cc1. The number of anilines is 2. The van der Waals surface area contributed by atoms with Crippen LogP contribution in [0.2, 0.25) is 0 Å². The third-order valence-corrected chi connectivity index (χ3v) is 4.49. The van der Waals surface area contributed by atoms with Gasteiger partial charge in [0.15, 0.2) is 5.13 Å². The summed E-state index contributed by atoms with van der Waals surface area (Å²) in [6.07, 6.45) is 0. The second-order valence-electron chi connectivity index (χ2n) is 5.61. The largest absolute Gasteiger partial charge is 0.457 e. The summed E-state index contributed by atoms with van der Waals surface area (Å²) in [7, 11) is 0. The lowest BCUT2D eigenvalue weighted by Gasteiger charge is -2.07. The second kappa shape index (κ2) is 7.37. The highest BCUT2D eigenvalue weighted by Crippen LogP contribution is 2.28. The summed E-state index contributed by atoms with van der Waals surface area (Å²) in [5.74, 6) is 1.00. The highest BCUT2D eigenvalue weighted by atomic mass is 32.1. The molecule has 0 unspecified atom stereocenters. The molecule has 3 nitrogen and oxygen atoms in total. The van der Waals surface area contributed by atoms with E-state index in [1.165, 1.54) is 12.1 Å². The first-order chi connectivity index (χ1) is 12.8. The van der Waals surface area contributed by atoms with Crippen molar-refractivity contribution in [3.8, 4) is 22.8 Å². The Morgan fingerprint density at radius 2 is 1.46 bits per heavy atom. The van der Waals surface area contributed by atoms with Crippen LogP contribution in [0.25, 0.3) is 11.3 Å². The zero-order valence-electron chi connectivity index (χ0n) is 13.7. The van der Waals surface area contributed by atoms with Crippen LogP contribution in [0, 0.1) is 5.82 Å². The maximum Gasteiger partial charge on any atom is 0.187 e. The predicted molar refractivity (Wildman–Crippen MR) is 104 cm³/mol. The van der Waals surface area contributed by atoms with Crippen LogP contribution >= 0.6 is 11.3 Å². The molecule has 0 saturated carbocycles. The number of rotatable bonds is 5. The van der Waals surface area contributed by atoms with Gasteiger partial charge in [0.2, 0.25) is 0 Å². The maximum absolute atomic E-state index is 12.9. The highest BCUT2D eigenvalue weighted by Gasteiger charge is 2.05. The van der Waals surface area contributed by atoms with Crippen LogP contribution in [0.5, 0.6) is 11.5 Å². The molecule has 3 aromatic carbocycles. The fourth-order valence-corrected chi connectivity index (χ4v) is 3.18. The van der Waals surface area contributed by atoms with Crippen molar-refractivity contribution in [3.63, 3.8) is 0 Å². The smallest absolute Gasteiger partial charge is 0.187 e. The molecule has 4 aromatic rings. The average Bonchev–Trinajstić information content (AvgIpc) is 3.14. The van der Waals surface area contributed by atoms with Crippen molar-refractivity contribution in [2.24, 2.45) is 0 Å². The number of ether oxygens (including phenoxy) is 1. The molecule has 0 saturated heterocycles. The molecule has 0 spiro atoms. The normalized spacial score (nSPS) is 10.5. The standard InChI is InChI=1S/C21H15FN2OS/c22-16-6-10-18(11-7-16)25-19-12-8-17(9-13-19)23-21-24-20(14-26-21)15-4-2-1-3-5-15/h1-14H,(H,23,24). The van der Waals surface area contributed by atoms with E-state index < -0.39 is 0 Å². The molecule has 128 valence electrons. The van der Waals surface area contributed by atoms with Gasteiger partial charge in [-0.15, -0.1) is 11.3 Å². The minimum atomic E-state index is -0.282. The first kappa shape index (κ1) is 16.3. The molecule has 1 N–H and O–H groups in total. The van der Waals surface area contributed by atoms with Crippen LogP contribution in [0.15, 0.2) is 84.2 Å². The molecule has 0 aliphatic rings. The molecule has 0 radical (unpaired) electrons. The third-order valence-electron chi connectivity index (χ3n) is 3.73. The first-order valence-electron chi connectivity index (χ1n) is 8.08. The van der Waals surface area contributed by atoms with Crippen LogP contribution < -0.4 is 10.1 Å². The van der Waals surface area contributed by atoms with Crippen LogP contribution in [-0.4, -0.2) is 4.98 Å². The van der Waals surface area contributed by atoms with Crippen LogP contribution in [-0.2, 0) is 0 Å². The van der Waals surface area contributed by atoms with E-state index in [9.17, 15) is 4.39 Å². The van der Waals surface area contributed by atoms with Gasteiger partial charge in [0.1, 0.15) is 17.3 Å². The van der Waals surface area contributed by atoms with E-state index in [1.54, 1.807) is 23.5 Å². The molecule has 4 rings (SSSR count). The average molecular weight is 362 g/mol. The molecule has 26 heavy (non-hydrogen) atoms. The van der Waals surface area contributed by atoms with Crippen LogP contribution in [0.1, 0.15) is 0 Å². The summed E-state index contributed by atoms with van der Waals surface area (Å²) in [6.45, 7) is 0. The van der Waals surface area contributed by atoms with Crippen LogP contribution in [0.4, 0.5) is 15.2 Å². The molecular weight excluding hydrogens is 347 g/mol. The van der Waals surface area contributed by atoms with Gasteiger partial charge < -0.3 is 10.1 Å². The Morgan fingerprint density at radius 3 is 2.15 bits per heavy atom. The number of hydrogen-bond donors (Lipinski definition) is 1. The number of nitrogens with one attached hydrogen (secondary N) is 1. The molecule has 1 heterocycles. The Bertz CT molecular complexity index is 983. The van der Waals surface area contributed by atoms with Gasteiger partial charge >= 0.3 is 0 Å². The molecular formula is C21H15FN2OS. The van der Waals surface area contributed by atoms with Crippen molar-refractivity contribution < 1.29 is 9.13 Å². The molecule has 5 heteroatoms. The van der Waals surface area contributed by atoms with Gasteiger partial charge in [0.05, 0.1) is 5.69 Å². The van der Waals surface area contributed by atoms with E-state index in [0.717, 1.165) is 22.1 Å². The Labute approximate surface area is 154 Å². The van der Waals surface area contributed by atoms with Crippen molar-refractivity contribution in [1.82, 2.24) is 4.98 Å². The van der Waals surface area contributed by atoms with Crippen molar-refractivity contribution in [3.05, 3.63) is 90.1 Å². The monoisotopic (exact) mass is 362 g/mol. The number of benzene rings is 3. The molecule has 0 aliphatic carbocycles. The van der Waals surface area contributed by atoms with Gasteiger partial charge in [-0.05, 0) is 48.5 Å². The topological polar surface area (TPSA) is 34.1 Å². The summed E-state index contributed by atoms with van der Waals surface area (Å²) < 4.78 is 18.6. The highest BCUT2D eigenvalue weighted by molar-refractivity contribution is 7.14. The Hall–Kier alpha value is -3.18. The Balaban J connectivity index is 1.43. The zero-order valence-corrected chi connectivity index (χ0v) is 14.5. The van der Waals surface area contributed by atoms with E-state index in [1.807, 2.05) is 60.0 Å². The minimum absolute atomic E-state index is 0.282. The van der Waals surface area contributed by atoms with Gasteiger partial charge in [-0.1, -0.05) is 30.3 Å². The van der Waals surface area contributed by atoms with Gasteiger partial charge in [0, 0.05) is 16.6 Å². The van der Waals surface area contributed by atoms with Crippen LogP contribution in [0.3, 0.4) is 0 Å². The van der Waals surface area contributed by atoms with Gasteiger partial charge in [-0.2, -0.15) is 0 Å². The molecule has 0 amide bonds. The fourth-order valence-electron chi connectivity index (χ4n) is 2.44. The molecule has 0 atom stereocenters. The Kier molecular flexibility index (Phi) is 4.62. The molecule has 0 aliphatic heterocycles. The van der Waals surface area contributed by atoms with Gasteiger partial charge in [-0.3, -0.25) is 0 Å². The lowest BCUT2D eigenvalue weighted by molar-refractivity contribution is 0.480. The number of nitrogens with zero attached hydrogens (tertiary/aromatic N) is 1. The van der Waals surface area contributed by atoms with E-state index in [4.69, 9.17) is 4.74 Å². The van der Waals surface area contributed by atoms with Gasteiger partial charge in [0.25, 0.3) is 0 Å². The fraction of sp³-hybridized carbons (Fsp3) is 0. The first-order valence-corrected chi connectivity index (χ1v) is 8.96. The van der Waals surface area contributed by atoms with Crippen molar-refractivity contribution in [1.29, 1.82) is 0 Å². The van der Waals surface area contributed by atoms with Gasteiger partial charge in [-0.25, -0.2) is 9.37 Å². The number of hydrogen-bond acceptors (Lipinski definition) is 4. The summed E-state index contributed by atoms with van der Waals surface area (Å²) in [5, 5.41) is 6.16. The van der Waals surface area contributed by atoms with Crippen molar-refractivity contribution >= 4 is 22.2 Å². The van der Waals surface area contributed by atoms with E-state index in [-0.39, 0.29) is 5.82 Å². The Morgan fingerprint density at radius 1 is 0.808 bits per heavy atom. The predicted octanol–water partition coefficient (Wildman–Crippen LogP) is 6.49. The summed E-state index contributed by atoms with van der Waals surface area (Å²) in [6, 6.07) is 23.6. The summed E-state index contributed by atoms with van der Waals surface area (Å²) >= 11 is 1.56. The molecule has 0 bridgehead atoms. The summed E-state index contributed by atoms with van der Waals surface area (Å²) in [5.41, 5.74) is 2.97. The quantitative estimate of drug-likeness (QED) is 0.441. The minimum Gasteiger partial charge on any atom is -0.457 e. The second-order valence-corrected chi connectivity index (χ2v) is 6.47. The number of halogens is 1. The van der Waals surface area contributed by atoms with E-state index >= 15 is 0 Å². The maximum atomic E-state index is 12.9. The van der Waals surface area contributed by atoms with E-state index in [2.05, 4.69) is 10.3 Å². The number of thiazole rings is 1. The lowest BCUT2D eigenvalue weighted by Crippen LogP contribution is -1.90. The number of aromatic nitrogens is 1. The van der Waals surface area contributed by atoms with Crippen molar-refractivity contribution in [2.75, 3.05) is 5.32 Å². The third kappa shape index (κ3) is 3.90. The van der Waals surface area contributed by atoms with E-state index in [0.29, 0.717) is 11.5 Å². The van der Waals surface area contributed by atoms with Crippen molar-refractivity contribution in [2.45, 2.75) is 0 Å². The zero-order chi connectivity index (χ0) is 17.8. The molecule has 0 fully saturated rings.